The normalized spacial score (nSPS) is 13.2. The van der Waals surface area contributed by atoms with E-state index in [-0.39, 0.29) is 5.91 Å². The molecule has 37 heavy (non-hydrogen) atoms. The average Bonchev–Trinajstić information content (AvgIpc) is 3.09. The monoisotopic (exact) mass is 482 g/mol. The van der Waals surface area contributed by atoms with Crippen molar-refractivity contribution in [3.8, 4) is 17.2 Å². The van der Waals surface area contributed by atoms with Crippen molar-refractivity contribution in [3.63, 3.8) is 0 Å². The second-order valence-corrected chi connectivity index (χ2v) is 9.53. The van der Waals surface area contributed by atoms with E-state index >= 15 is 0 Å². The van der Waals surface area contributed by atoms with E-state index in [2.05, 4.69) is 96.3 Å². The van der Waals surface area contributed by atoms with E-state index in [1.165, 1.54) is 27.8 Å². The lowest BCUT2D eigenvalue weighted by atomic mass is 9.93. The summed E-state index contributed by atoms with van der Waals surface area (Å²) in [5.41, 5.74) is 10.5. The number of allylic oxidation sites excluding steroid dienone is 1. The number of nitrogens with zero attached hydrogens (tertiary/aromatic N) is 1. The Balaban J connectivity index is 1.17. The number of carbonyl (C=O) groups excluding carboxylic acids is 1. The van der Waals surface area contributed by atoms with Gasteiger partial charge in [-0.1, -0.05) is 97.1 Å². The lowest BCUT2D eigenvalue weighted by Crippen LogP contribution is -2.22. The smallest absolute Gasteiger partial charge is 0.220 e. The second-order valence-electron chi connectivity index (χ2n) is 9.53. The summed E-state index contributed by atoms with van der Waals surface area (Å²) in [6, 6.07) is 35.8. The van der Waals surface area contributed by atoms with E-state index in [1.807, 2.05) is 12.1 Å². The van der Waals surface area contributed by atoms with E-state index in [0.29, 0.717) is 13.0 Å². The van der Waals surface area contributed by atoms with Crippen LogP contribution in [0.15, 0.2) is 103 Å². The summed E-state index contributed by atoms with van der Waals surface area (Å²) in [6.45, 7) is 0.514. The zero-order valence-corrected chi connectivity index (χ0v) is 20.9. The lowest BCUT2D eigenvalue weighted by molar-refractivity contribution is -0.121. The Labute approximate surface area is 219 Å². The van der Waals surface area contributed by atoms with Crippen molar-refractivity contribution < 1.29 is 4.79 Å². The molecule has 0 atom stereocenters. The Kier molecular flexibility index (Phi) is 7.58. The molecule has 182 valence electrons. The summed E-state index contributed by atoms with van der Waals surface area (Å²) in [6.07, 6.45) is 5.70. The molecule has 1 aliphatic carbocycles. The minimum absolute atomic E-state index is 0.0756. The summed E-state index contributed by atoms with van der Waals surface area (Å²) < 4.78 is 0. The van der Waals surface area contributed by atoms with Gasteiger partial charge in [-0.05, 0) is 75.8 Å². The number of amides is 1. The maximum absolute atomic E-state index is 12.6. The highest BCUT2D eigenvalue weighted by atomic mass is 16.1. The Hall–Kier alpha value is -4.42. The number of fused-ring (bicyclic) bond motifs is 2. The molecule has 5 rings (SSSR count). The minimum atomic E-state index is 0.0756. The number of nitrogens with one attached hydrogen (secondary N) is 1. The van der Waals surface area contributed by atoms with Gasteiger partial charge in [-0.2, -0.15) is 5.26 Å². The van der Waals surface area contributed by atoms with Gasteiger partial charge in [0, 0.05) is 19.0 Å². The van der Waals surface area contributed by atoms with Gasteiger partial charge in [0.1, 0.15) is 0 Å². The molecule has 1 aliphatic rings. The number of hydrogen-bond acceptors (Lipinski definition) is 2. The maximum Gasteiger partial charge on any atom is 0.220 e. The number of aryl methyl sites for hydroxylation is 3. The van der Waals surface area contributed by atoms with Crippen LogP contribution in [0.1, 0.15) is 46.2 Å². The fourth-order valence-electron chi connectivity index (χ4n) is 5.14. The van der Waals surface area contributed by atoms with Crippen LogP contribution in [-0.2, 0) is 30.6 Å². The van der Waals surface area contributed by atoms with Gasteiger partial charge in [0.2, 0.25) is 5.91 Å². The predicted octanol–water partition coefficient (Wildman–Crippen LogP) is 7.05. The van der Waals surface area contributed by atoms with Gasteiger partial charge in [-0.25, -0.2) is 0 Å². The molecule has 0 fully saturated rings. The van der Waals surface area contributed by atoms with Crippen molar-refractivity contribution >= 4 is 11.5 Å². The predicted molar refractivity (Wildman–Crippen MR) is 150 cm³/mol. The molecule has 0 spiro atoms. The third kappa shape index (κ3) is 5.88. The molecule has 0 aliphatic heterocycles. The van der Waals surface area contributed by atoms with Gasteiger partial charge in [-0.3, -0.25) is 4.79 Å². The summed E-state index contributed by atoms with van der Waals surface area (Å²) >= 11 is 0. The van der Waals surface area contributed by atoms with Crippen molar-refractivity contribution in [1.82, 2.24) is 5.32 Å². The fourth-order valence-corrected chi connectivity index (χ4v) is 5.14. The largest absolute Gasteiger partial charge is 0.352 e. The first-order valence-electron chi connectivity index (χ1n) is 12.9. The number of hydrogen-bond donors (Lipinski definition) is 1. The van der Waals surface area contributed by atoms with E-state index in [4.69, 9.17) is 0 Å². The van der Waals surface area contributed by atoms with E-state index in [9.17, 15) is 10.1 Å². The second kappa shape index (κ2) is 11.5. The maximum atomic E-state index is 12.6. The van der Waals surface area contributed by atoms with Crippen LogP contribution >= 0.6 is 0 Å². The summed E-state index contributed by atoms with van der Waals surface area (Å²) in [5.74, 6) is 0.0756. The average molecular weight is 483 g/mol. The van der Waals surface area contributed by atoms with E-state index in [1.54, 1.807) is 6.08 Å². The molecule has 4 aromatic rings. The standard InChI is InChI=1S/C34H30N2O/c35-21-20-33-31-14-5-4-12-28(31)17-18-30-23-26(16-19-32(30)33)24-36-34(37)15-7-9-25-8-6-13-29(22-25)27-10-2-1-3-11-27/h1-6,8,10-14,16,19-20,22-23H,7,9,15,17-18,24H2,(H,36,37). The zero-order valence-electron chi connectivity index (χ0n) is 20.9. The van der Waals surface area contributed by atoms with Crippen molar-refractivity contribution in [2.45, 2.75) is 38.6 Å². The molecular weight excluding hydrogens is 452 g/mol. The van der Waals surface area contributed by atoms with Crippen LogP contribution in [0.25, 0.3) is 16.7 Å². The van der Waals surface area contributed by atoms with Crippen molar-refractivity contribution in [3.05, 3.63) is 137 Å². The van der Waals surface area contributed by atoms with Crippen LogP contribution in [-0.4, -0.2) is 5.91 Å². The Morgan fingerprint density at radius 1 is 0.784 bits per heavy atom. The molecule has 0 saturated carbocycles. The van der Waals surface area contributed by atoms with Crippen molar-refractivity contribution in [2.24, 2.45) is 0 Å². The molecule has 1 N–H and O–H groups in total. The van der Waals surface area contributed by atoms with Gasteiger partial charge >= 0.3 is 0 Å². The first kappa shape index (κ1) is 24.3. The van der Waals surface area contributed by atoms with Gasteiger partial charge < -0.3 is 5.32 Å². The highest BCUT2D eigenvalue weighted by molar-refractivity contribution is 5.85. The van der Waals surface area contributed by atoms with Crippen LogP contribution in [0.4, 0.5) is 0 Å². The zero-order chi connectivity index (χ0) is 25.5. The Morgan fingerprint density at radius 2 is 1.54 bits per heavy atom. The third-order valence-corrected chi connectivity index (χ3v) is 7.03. The number of nitriles is 1. The Morgan fingerprint density at radius 3 is 2.41 bits per heavy atom. The molecule has 0 bridgehead atoms. The van der Waals surface area contributed by atoms with Crippen LogP contribution in [0.3, 0.4) is 0 Å². The SMILES string of the molecule is N#CC=C1c2ccccc2CCc2cc(CNC(=O)CCCc3cccc(-c4ccccc4)c3)ccc21. The highest BCUT2D eigenvalue weighted by Gasteiger charge is 2.18. The molecule has 1 amide bonds. The molecular formula is C34H30N2O. The summed E-state index contributed by atoms with van der Waals surface area (Å²) in [5, 5.41) is 12.5. The number of rotatable bonds is 7. The van der Waals surface area contributed by atoms with Gasteiger partial charge in [0.15, 0.2) is 0 Å². The Bertz CT molecular complexity index is 1480. The van der Waals surface area contributed by atoms with Crippen molar-refractivity contribution in [2.75, 3.05) is 0 Å². The lowest BCUT2D eigenvalue weighted by Gasteiger charge is -2.13. The molecule has 0 unspecified atom stereocenters. The van der Waals surface area contributed by atoms with Crippen LogP contribution in [0.5, 0.6) is 0 Å². The number of carbonyl (C=O) groups is 1. The fraction of sp³-hybridized carbons (Fsp3) is 0.176. The molecule has 0 heterocycles. The van der Waals surface area contributed by atoms with Crippen LogP contribution in [0, 0.1) is 11.3 Å². The van der Waals surface area contributed by atoms with E-state index < -0.39 is 0 Å². The van der Waals surface area contributed by atoms with Crippen LogP contribution < -0.4 is 5.32 Å². The van der Waals surface area contributed by atoms with Crippen LogP contribution in [0.2, 0.25) is 0 Å². The summed E-state index contributed by atoms with van der Waals surface area (Å²) in [7, 11) is 0. The quantitative estimate of drug-likeness (QED) is 0.287. The van der Waals surface area contributed by atoms with Gasteiger partial charge in [0.05, 0.1) is 6.07 Å². The molecule has 4 aromatic carbocycles. The molecule has 0 radical (unpaired) electrons. The van der Waals surface area contributed by atoms with Crippen molar-refractivity contribution in [1.29, 1.82) is 5.26 Å². The van der Waals surface area contributed by atoms with Gasteiger partial charge in [-0.15, -0.1) is 0 Å². The highest BCUT2D eigenvalue weighted by Crippen LogP contribution is 2.33. The molecule has 3 nitrogen and oxygen atoms in total. The molecule has 3 heteroatoms. The number of benzene rings is 4. The van der Waals surface area contributed by atoms with E-state index in [0.717, 1.165) is 47.9 Å². The minimum Gasteiger partial charge on any atom is -0.352 e. The van der Waals surface area contributed by atoms with Gasteiger partial charge in [0.25, 0.3) is 0 Å². The molecule has 0 aromatic heterocycles. The first-order valence-corrected chi connectivity index (χ1v) is 12.9. The topological polar surface area (TPSA) is 52.9 Å². The molecule has 0 saturated heterocycles. The summed E-state index contributed by atoms with van der Waals surface area (Å²) in [4.78, 5) is 12.6. The first-order chi connectivity index (χ1) is 18.2. The third-order valence-electron chi connectivity index (χ3n) is 7.03.